The lowest BCUT2D eigenvalue weighted by Gasteiger charge is -2.42. The molecular weight excluding hydrogens is 470 g/mol. The Labute approximate surface area is 210 Å². The molecule has 7 rings (SSSR count). The molecule has 1 fully saturated rings. The van der Waals surface area contributed by atoms with Crippen LogP contribution in [0.5, 0.6) is 0 Å². The molecule has 0 saturated carbocycles. The lowest BCUT2D eigenvalue weighted by molar-refractivity contribution is -0.136. The molecule has 1 aromatic heterocycles. The van der Waals surface area contributed by atoms with Crippen molar-refractivity contribution in [2.45, 2.75) is 11.0 Å². The van der Waals surface area contributed by atoms with Gasteiger partial charge in [-0.15, -0.1) is 0 Å². The summed E-state index contributed by atoms with van der Waals surface area (Å²) in [5.74, 6) is -2.41. The van der Waals surface area contributed by atoms with Crippen LogP contribution < -0.4 is 16.3 Å². The number of hydrogen-bond acceptors (Lipinski definition) is 6. The summed E-state index contributed by atoms with van der Waals surface area (Å²) in [6.45, 7) is 0.0780. The zero-order valence-corrected chi connectivity index (χ0v) is 19.8. The van der Waals surface area contributed by atoms with Gasteiger partial charge in [0.1, 0.15) is 22.1 Å². The van der Waals surface area contributed by atoms with E-state index in [-0.39, 0.29) is 18.0 Å². The number of carbonyl (C=O) groups excluding carboxylic acids is 3. The number of hydrogen-bond donors (Lipinski definition) is 2. The average molecular weight is 492 g/mol. The number of likely N-dealkylation sites (N-methyl/N-ethyl adjacent to an activating group) is 1. The number of fused-ring (bicyclic) bond motifs is 6. The Bertz CT molecular complexity index is 1740. The van der Waals surface area contributed by atoms with E-state index in [0.29, 0.717) is 33.5 Å². The van der Waals surface area contributed by atoms with Crippen LogP contribution >= 0.6 is 0 Å². The molecule has 2 amide bonds. The summed E-state index contributed by atoms with van der Waals surface area (Å²) in [5.41, 5.74) is -1.36. The molecule has 3 atom stereocenters. The number of nitrogens with zero attached hydrogens (tertiary/aromatic N) is 1. The van der Waals surface area contributed by atoms with Gasteiger partial charge in [-0.2, -0.15) is 0 Å². The Hall–Kier alpha value is -4.56. The number of ketones is 1. The second-order valence-corrected chi connectivity index (χ2v) is 9.80. The van der Waals surface area contributed by atoms with Crippen LogP contribution in [0.4, 0.5) is 11.4 Å². The summed E-state index contributed by atoms with van der Waals surface area (Å²) in [7, 11) is 1.74. The number of Topliss-reactive ketones (excluding diaryl/α,β-unsaturated/α-hetero) is 1. The third-order valence-corrected chi connectivity index (χ3v) is 8.20. The van der Waals surface area contributed by atoms with E-state index >= 15 is 0 Å². The molecule has 37 heavy (non-hydrogen) atoms. The number of nitrogens with one attached hydrogen (secondary N) is 2. The van der Waals surface area contributed by atoms with Crippen LogP contribution in [0.2, 0.25) is 0 Å². The Balaban J connectivity index is 1.53. The van der Waals surface area contributed by atoms with E-state index in [1.807, 2.05) is 18.2 Å². The molecule has 0 radical (unpaired) electrons. The van der Waals surface area contributed by atoms with E-state index in [0.717, 1.165) is 0 Å². The van der Waals surface area contributed by atoms with Crippen molar-refractivity contribution >= 4 is 39.9 Å². The maximum absolute atomic E-state index is 14.3. The van der Waals surface area contributed by atoms with Crippen LogP contribution in [0.25, 0.3) is 11.0 Å². The first-order chi connectivity index (χ1) is 17.9. The first-order valence-electron chi connectivity index (χ1n) is 12.0. The van der Waals surface area contributed by atoms with Gasteiger partial charge in [0.05, 0.1) is 5.92 Å². The van der Waals surface area contributed by atoms with E-state index in [9.17, 15) is 19.2 Å². The summed E-state index contributed by atoms with van der Waals surface area (Å²) in [5, 5.41) is 6.48. The van der Waals surface area contributed by atoms with E-state index in [1.54, 1.807) is 66.5 Å². The van der Waals surface area contributed by atoms with Crippen LogP contribution in [0, 0.1) is 5.92 Å². The van der Waals surface area contributed by atoms with Gasteiger partial charge in [-0.3, -0.25) is 19.3 Å². The van der Waals surface area contributed by atoms with Gasteiger partial charge in [-0.25, -0.2) is 4.79 Å². The lowest BCUT2D eigenvalue weighted by atomic mass is 9.58. The highest BCUT2D eigenvalue weighted by Crippen LogP contribution is 2.63. The van der Waals surface area contributed by atoms with Gasteiger partial charge in [0, 0.05) is 28.9 Å². The van der Waals surface area contributed by atoms with Crippen molar-refractivity contribution in [3.8, 4) is 0 Å². The molecule has 182 valence electrons. The van der Waals surface area contributed by atoms with Crippen molar-refractivity contribution in [1.29, 1.82) is 0 Å². The molecule has 1 saturated heterocycles. The minimum absolute atomic E-state index is 0.0780. The lowest BCUT2D eigenvalue weighted by Crippen LogP contribution is -2.62. The number of para-hydroxylation sites is 3. The third-order valence-electron chi connectivity index (χ3n) is 8.20. The zero-order chi connectivity index (χ0) is 25.5. The zero-order valence-electron chi connectivity index (χ0n) is 19.8. The molecule has 3 aliphatic heterocycles. The predicted molar refractivity (Wildman–Crippen MR) is 136 cm³/mol. The molecule has 2 N–H and O–H groups in total. The molecule has 8 heteroatoms. The van der Waals surface area contributed by atoms with Gasteiger partial charge in [-0.1, -0.05) is 54.6 Å². The summed E-state index contributed by atoms with van der Waals surface area (Å²) in [6.07, 6.45) is 0. The first kappa shape index (κ1) is 21.7. The van der Waals surface area contributed by atoms with Crippen LogP contribution in [-0.2, 0) is 20.5 Å². The largest absolute Gasteiger partial charge is 0.422 e. The number of likely N-dealkylation sites (tertiary alicyclic amines) is 1. The van der Waals surface area contributed by atoms with Crippen molar-refractivity contribution in [3.63, 3.8) is 0 Å². The molecule has 3 aromatic carbocycles. The van der Waals surface area contributed by atoms with Crippen LogP contribution in [0.1, 0.15) is 21.5 Å². The molecule has 8 nitrogen and oxygen atoms in total. The smallest absolute Gasteiger partial charge is 0.347 e. The van der Waals surface area contributed by atoms with E-state index in [1.165, 1.54) is 6.07 Å². The fraction of sp³-hybridized carbons (Fsp3) is 0.172. The highest BCUT2D eigenvalue weighted by atomic mass is 16.4. The topological polar surface area (TPSA) is 109 Å². The second-order valence-electron chi connectivity index (χ2n) is 9.80. The van der Waals surface area contributed by atoms with Crippen LogP contribution in [0.15, 0.2) is 88.1 Å². The Morgan fingerprint density at radius 2 is 1.49 bits per heavy atom. The fourth-order valence-corrected chi connectivity index (χ4v) is 6.80. The van der Waals surface area contributed by atoms with Crippen LogP contribution in [0.3, 0.4) is 0 Å². The molecule has 0 unspecified atom stereocenters. The maximum Gasteiger partial charge on any atom is 0.347 e. The third kappa shape index (κ3) is 2.45. The van der Waals surface area contributed by atoms with Gasteiger partial charge in [-0.05, 0) is 36.9 Å². The second kappa shape index (κ2) is 7.24. The summed E-state index contributed by atoms with van der Waals surface area (Å²) in [4.78, 5) is 57.3. The summed E-state index contributed by atoms with van der Waals surface area (Å²) < 4.78 is 5.47. The number of carbonyl (C=O) groups is 3. The molecule has 3 aliphatic rings. The Kier molecular flexibility index (Phi) is 4.25. The van der Waals surface area contributed by atoms with Crippen molar-refractivity contribution in [2.75, 3.05) is 24.2 Å². The molecule has 0 aliphatic carbocycles. The van der Waals surface area contributed by atoms with Gasteiger partial charge < -0.3 is 15.1 Å². The molecule has 4 aromatic rings. The highest BCUT2D eigenvalue weighted by Gasteiger charge is 2.77. The number of anilines is 2. The van der Waals surface area contributed by atoms with Crippen molar-refractivity contribution in [3.05, 3.63) is 106 Å². The quantitative estimate of drug-likeness (QED) is 0.329. The first-order valence-corrected chi connectivity index (χ1v) is 12.0. The highest BCUT2D eigenvalue weighted by molar-refractivity contribution is 6.20. The summed E-state index contributed by atoms with van der Waals surface area (Å²) in [6, 6.07) is 22.8. The molecule has 0 bridgehead atoms. The van der Waals surface area contributed by atoms with Gasteiger partial charge in [0.25, 0.3) is 5.91 Å². The minimum atomic E-state index is -1.62. The number of amides is 2. The average Bonchev–Trinajstić information content (AvgIpc) is 3.48. The molecule has 4 heterocycles. The standard InChI is InChI=1S/C29H21N3O5/c1-32-15-20(24(33)17-14-16-8-2-7-13-23(16)37-25(17)34)28(18-9-3-5-11-21(18)30-26(28)35)29(32)19-10-4-6-12-22(19)31-27(29)36/h2-14,20H,15H2,1H3,(H,30,35)(H,31,36)/t20-,28+,29+/m0/s1. The van der Waals surface area contributed by atoms with Gasteiger partial charge in [0.15, 0.2) is 5.78 Å². The van der Waals surface area contributed by atoms with Gasteiger partial charge in [0.2, 0.25) is 5.91 Å². The Morgan fingerprint density at radius 1 is 0.865 bits per heavy atom. The van der Waals surface area contributed by atoms with E-state index in [2.05, 4.69) is 10.6 Å². The van der Waals surface area contributed by atoms with E-state index in [4.69, 9.17) is 4.42 Å². The predicted octanol–water partition coefficient (Wildman–Crippen LogP) is 3.28. The summed E-state index contributed by atoms with van der Waals surface area (Å²) >= 11 is 0. The normalized spacial score (nSPS) is 25.9. The maximum atomic E-state index is 14.3. The van der Waals surface area contributed by atoms with Crippen molar-refractivity contribution in [2.24, 2.45) is 5.92 Å². The van der Waals surface area contributed by atoms with Crippen molar-refractivity contribution < 1.29 is 18.8 Å². The minimum Gasteiger partial charge on any atom is -0.422 e. The number of benzene rings is 3. The van der Waals surface area contributed by atoms with Gasteiger partial charge >= 0.3 is 5.63 Å². The van der Waals surface area contributed by atoms with E-state index < -0.39 is 34.2 Å². The molecule has 2 spiro atoms. The Morgan fingerprint density at radius 3 is 2.27 bits per heavy atom. The SMILES string of the molecule is CN1C[C@@H](C(=O)c2cc3ccccc3oc2=O)[C@]2(C(=O)Nc3ccccc32)[C@@]12C(=O)Nc1ccccc12. The number of rotatable bonds is 2. The molecular formula is C29H21N3O5. The monoisotopic (exact) mass is 491 g/mol. The fourth-order valence-electron chi connectivity index (χ4n) is 6.80. The van der Waals surface area contributed by atoms with Crippen LogP contribution in [-0.4, -0.2) is 36.1 Å². The van der Waals surface area contributed by atoms with Crippen molar-refractivity contribution in [1.82, 2.24) is 4.90 Å².